The average molecular weight is 270 g/mol. The fourth-order valence-corrected chi connectivity index (χ4v) is 1.53. The van der Waals surface area contributed by atoms with Crippen molar-refractivity contribution < 1.29 is 23.0 Å². The van der Waals surface area contributed by atoms with E-state index in [0.29, 0.717) is 0 Å². The number of carbonyl (C=O) groups is 1. The summed E-state index contributed by atoms with van der Waals surface area (Å²) < 4.78 is 34.9. The van der Waals surface area contributed by atoms with Crippen LogP contribution in [-0.2, 0) is 16.0 Å². The Kier molecular flexibility index (Phi) is 5.18. The molecule has 0 aliphatic rings. The van der Waals surface area contributed by atoms with Gasteiger partial charge in [-0.3, -0.25) is 9.78 Å². The van der Waals surface area contributed by atoms with Gasteiger partial charge < -0.3 is 9.47 Å². The van der Waals surface area contributed by atoms with Gasteiger partial charge in [0, 0.05) is 11.8 Å². The van der Waals surface area contributed by atoms with Crippen LogP contribution >= 0.6 is 0 Å². The molecule has 0 saturated heterocycles. The van der Waals surface area contributed by atoms with Gasteiger partial charge in [-0.25, -0.2) is 8.78 Å². The van der Waals surface area contributed by atoms with Crippen molar-refractivity contribution in [3.8, 4) is 11.8 Å². The van der Waals surface area contributed by atoms with Crippen molar-refractivity contribution >= 4 is 5.97 Å². The summed E-state index contributed by atoms with van der Waals surface area (Å²) in [7, 11) is 1.16. The third kappa shape index (κ3) is 3.37. The number of rotatable bonds is 5. The molecule has 0 aromatic carbocycles. The lowest BCUT2D eigenvalue weighted by Crippen LogP contribution is -2.11. The van der Waals surface area contributed by atoms with Crippen LogP contribution in [0.2, 0.25) is 0 Å². The molecule has 0 saturated carbocycles. The molecule has 19 heavy (non-hydrogen) atoms. The zero-order chi connectivity index (χ0) is 14.4. The maximum Gasteiger partial charge on any atom is 0.310 e. The van der Waals surface area contributed by atoms with E-state index in [2.05, 4.69) is 4.98 Å². The van der Waals surface area contributed by atoms with Crippen LogP contribution in [0.5, 0.6) is 5.75 Å². The zero-order valence-corrected chi connectivity index (χ0v) is 10.4. The van der Waals surface area contributed by atoms with Gasteiger partial charge in [-0.05, 0) is 6.92 Å². The van der Waals surface area contributed by atoms with Crippen LogP contribution in [0.4, 0.5) is 8.78 Å². The first-order chi connectivity index (χ1) is 9.04. The maximum absolute atomic E-state index is 12.7. The molecule has 0 fully saturated rings. The molecular weight excluding hydrogens is 258 g/mol. The summed E-state index contributed by atoms with van der Waals surface area (Å²) in [6, 6.07) is 1.75. The Labute approximate surface area is 108 Å². The lowest BCUT2D eigenvalue weighted by atomic mass is 10.1. The number of alkyl halides is 2. The number of ether oxygens (including phenoxy) is 2. The Morgan fingerprint density at radius 1 is 1.58 bits per heavy atom. The largest absolute Gasteiger partial charge is 0.493 e. The van der Waals surface area contributed by atoms with E-state index in [-0.39, 0.29) is 29.9 Å². The number of esters is 1. The monoisotopic (exact) mass is 270 g/mol. The van der Waals surface area contributed by atoms with Crippen molar-refractivity contribution in [1.29, 1.82) is 5.26 Å². The maximum atomic E-state index is 12.7. The van der Waals surface area contributed by atoms with E-state index in [4.69, 9.17) is 14.7 Å². The Hall–Kier alpha value is -2.23. The van der Waals surface area contributed by atoms with Crippen LogP contribution in [0, 0.1) is 11.3 Å². The highest BCUT2D eigenvalue weighted by Gasteiger charge is 2.23. The minimum absolute atomic E-state index is 0.124. The fourth-order valence-electron chi connectivity index (χ4n) is 1.53. The second-order valence-corrected chi connectivity index (χ2v) is 3.47. The highest BCUT2D eigenvalue weighted by Crippen LogP contribution is 2.31. The SMILES string of the molecule is CCOC(=O)Cc1cnc(C(F)F)c(OC)c1C#N. The minimum Gasteiger partial charge on any atom is -0.493 e. The first-order valence-electron chi connectivity index (χ1n) is 5.44. The number of halogens is 2. The predicted octanol–water partition coefficient (Wildman–Crippen LogP) is 2.01. The van der Waals surface area contributed by atoms with Crippen LogP contribution in [0.1, 0.15) is 30.2 Å². The molecule has 0 aliphatic carbocycles. The lowest BCUT2D eigenvalue weighted by Gasteiger charge is -2.11. The average Bonchev–Trinajstić information content (AvgIpc) is 2.37. The summed E-state index contributed by atoms with van der Waals surface area (Å²) in [5.41, 5.74) is -0.547. The number of nitrogens with zero attached hydrogens (tertiary/aromatic N) is 2. The highest BCUT2D eigenvalue weighted by atomic mass is 19.3. The van der Waals surface area contributed by atoms with Crippen molar-refractivity contribution in [2.24, 2.45) is 0 Å². The second-order valence-electron chi connectivity index (χ2n) is 3.47. The molecule has 1 rings (SSSR count). The number of hydrogen-bond donors (Lipinski definition) is 0. The van der Waals surface area contributed by atoms with Gasteiger partial charge in [-0.2, -0.15) is 5.26 Å². The van der Waals surface area contributed by atoms with E-state index < -0.39 is 18.1 Å². The molecule has 0 amide bonds. The van der Waals surface area contributed by atoms with E-state index in [1.165, 1.54) is 0 Å². The van der Waals surface area contributed by atoms with E-state index in [9.17, 15) is 13.6 Å². The third-order valence-electron chi connectivity index (χ3n) is 2.30. The molecule has 102 valence electrons. The summed E-state index contributed by atoms with van der Waals surface area (Å²) in [5, 5.41) is 9.02. The number of carbonyl (C=O) groups excluding carboxylic acids is 1. The number of hydrogen-bond acceptors (Lipinski definition) is 5. The number of methoxy groups -OCH3 is 1. The quantitative estimate of drug-likeness (QED) is 0.765. The van der Waals surface area contributed by atoms with Gasteiger partial charge in [0.2, 0.25) is 0 Å². The molecule has 0 N–H and O–H groups in total. The summed E-state index contributed by atoms with van der Waals surface area (Å²) >= 11 is 0. The third-order valence-corrected chi connectivity index (χ3v) is 2.30. The van der Waals surface area contributed by atoms with Gasteiger partial charge in [0.1, 0.15) is 17.3 Å². The van der Waals surface area contributed by atoms with Crippen LogP contribution in [0.25, 0.3) is 0 Å². The van der Waals surface area contributed by atoms with Crippen molar-refractivity contribution in [3.05, 3.63) is 23.0 Å². The molecule has 1 heterocycles. The molecule has 0 radical (unpaired) electrons. The van der Waals surface area contributed by atoms with Crippen molar-refractivity contribution in [2.75, 3.05) is 13.7 Å². The Balaban J connectivity index is 3.21. The summed E-state index contributed by atoms with van der Waals surface area (Å²) in [5.74, 6) is -0.869. The van der Waals surface area contributed by atoms with E-state index in [1.54, 1.807) is 13.0 Å². The molecule has 0 bridgehead atoms. The lowest BCUT2D eigenvalue weighted by molar-refractivity contribution is -0.142. The standard InChI is InChI=1S/C12H12F2N2O3/c1-3-19-9(17)4-7-6-16-10(12(13)14)11(18-2)8(7)5-15/h6,12H,3-4H2,1-2H3. The van der Waals surface area contributed by atoms with Gasteiger partial charge in [-0.1, -0.05) is 0 Å². The van der Waals surface area contributed by atoms with Crippen LogP contribution in [0.15, 0.2) is 6.20 Å². The molecule has 1 aromatic rings. The number of aromatic nitrogens is 1. The van der Waals surface area contributed by atoms with E-state index in [0.717, 1.165) is 13.3 Å². The van der Waals surface area contributed by atoms with Gasteiger partial charge in [0.25, 0.3) is 6.43 Å². The zero-order valence-electron chi connectivity index (χ0n) is 10.4. The second kappa shape index (κ2) is 6.64. The molecule has 0 aliphatic heterocycles. The van der Waals surface area contributed by atoms with Gasteiger partial charge in [0.05, 0.1) is 20.1 Å². The van der Waals surface area contributed by atoms with Crippen LogP contribution in [0.3, 0.4) is 0 Å². The highest BCUT2D eigenvalue weighted by molar-refractivity contribution is 5.74. The number of pyridine rings is 1. The van der Waals surface area contributed by atoms with Gasteiger partial charge in [0.15, 0.2) is 5.75 Å². The van der Waals surface area contributed by atoms with E-state index >= 15 is 0 Å². The summed E-state index contributed by atoms with van der Waals surface area (Å²) in [6.07, 6.45) is -2.01. The normalized spacial score (nSPS) is 10.1. The van der Waals surface area contributed by atoms with Gasteiger partial charge in [-0.15, -0.1) is 0 Å². The van der Waals surface area contributed by atoms with Crippen molar-refractivity contribution in [2.45, 2.75) is 19.8 Å². The van der Waals surface area contributed by atoms with Crippen LogP contribution < -0.4 is 4.74 Å². The summed E-state index contributed by atoms with van der Waals surface area (Å²) in [6.45, 7) is 1.84. The molecule has 0 unspecified atom stereocenters. The molecule has 0 spiro atoms. The van der Waals surface area contributed by atoms with Crippen molar-refractivity contribution in [1.82, 2.24) is 4.98 Å². The first kappa shape index (κ1) is 14.8. The van der Waals surface area contributed by atoms with Crippen LogP contribution in [-0.4, -0.2) is 24.7 Å². The Bertz CT molecular complexity index is 512. The fraction of sp³-hybridized carbons (Fsp3) is 0.417. The Morgan fingerprint density at radius 3 is 2.74 bits per heavy atom. The minimum atomic E-state index is -2.86. The first-order valence-corrected chi connectivity index (χ1v) is 5.44. The molecular formula is C12H12F2N2O3. The predicted molar refractivity (Wildman–Crippen MR) is 60.8 cm³/mol. The molecule has 1 aromatic heterocycles. The molecule has 5 nitrogen and oxygen atoms in total. The van der Waals surface area contributed by atoms with Crippen molar-refractivity contribution in [3.63, 3.8) is 0 Å². The Morgan fingerprint density at radius 2 is 2.26 bits per heavy atom. The van der Waals surface area contributed by atoms with Gasteiger partial charge >= 0.3 is 5.97 Å². The summed E-state index contributed by atoms with van der Waals surface area (Å²) in [4.78, 5) is 14.9. The molecule has 0 atom stereocenters. The topological polar surface area (TPSA) is 72.2 Å². The number of nitriles is 1. The smallest absolute Gasteiger partial charge is 0.310 e. The van der Waals surface area contributed by atoms with E-state index in [1.807, 2.05) is 0 Å². The molecule has 7 heteroatoms.